The van der Waals surface area contributed by atoms with Gasteiger partial charge >= 0.3 is 0 Å². The van der Waals surface area contributed by atoms with Gasteiger partial charge in [-0.15, -0.1) is 11.8 Å². The van der Waals surface area contributed by atoms with Crippen LogP contribution >= 0.6 is 11.8 Å². The summed E-state index contributed by atoms with van der Waals surface area (Å²) in [5.41, 5.74) is 3.93. The molecule has 1 saturated heterocycles. The van der Waals surface area contributed by atoms with Crippen molar-refractivity contribution in [3.63, 3.8) is 0 Å². The van der Waals surface area contributed by atoms with Crippen LogP contribution in [0.2, 0.25) is 0 Å². The quantitative estimate of drug-likeness (QED) is 0.841. The minimum absolute atomic E-state index is 0.311. The summed E-state index contributed by atoms with van der Waals surface area (Å²) in [5, 5.41) is 0. The van der Waals surface area contributed by atoms with Crippen LogP contribution in [0, 0.1) is 19.8 Å². The number of rotatable bonds is 4. The zero-order valence-corrected chi connectivity index (χ0v) is 13.6. The molecule has 110 valence electrons. The average Bonchev–Trinajstić information content (AvgIpc) is 2.37. The standard InChI is InChI=1S/C17H25NOS/c1-13-5-4-6-18(10-13)17(19)12-20-11-16-8-14(2)7-15(3)9-16/h7-9,13H,4-6,10-12H2,1-3H3/t13-/m1/s1. The summed E-state index contributed by atoms with van der Waals surface area (Å²) in [6.45, 7) is 8.39. The van der Waals surface area contributed by atoms with E-state index in [1.165, 1.54) is 23.1 Å². The SMILES string of the molecule is Cc1cc(C)cc(CSCC(=O)N2CCC[C@@H](C)C2)c1. The third kappa shape index (κ3) is 4.55. The number of thioether (sulfide) groups is 1. The molecule has 1 aliphatic heterocycles. The number of carbonyl (C=O) groups excluding carboxylic acids is 1. The third-order valence-corrected chi connectivity index (χ3v) is 4.77. The monoisotopic (exact) mass is 291 g/mol. The van der Waals surface area contributed by atoms with Crippen LogP contribution in [0.1, 0.15) is 36.5 Å². The molecule has 0 saturated carbocycles. The number of carbonyl (C=O) groups is 1. The maximum absolute atomic E-state index is 12.2. The van der Waals surface area contributed by atoms with Crippen LogP contribution < -0.4 is 0 Å². The van der Waals surface area contributed by atoms with Crippen molar-refractivity contribution in [3.05, 3.63) is 34.9 Å². The molecule has 1 amide bonds. The summed E-state index contributed by atoms with van der Waals surface area (Å²) < 4.78 is 0. The Balaban J connectivity index is 1.78. The number of benzene rings is 1. The molecule has 1 aromatic rings. The predicted molar refractivity (Wildman–Crippen MR) is 87.1 cm³/mol. The summed E-state index contributed by atoms with van der Waals surface area (Å²) in [4.78, 5) is 14.2. The normalized spacial score (nSPS) is 19.1. The van der Waals surface area contributed by atoms with Gasteiger partial charge in [-0.1, -0.05) is 36.2 Å². The van der Waals surface area contributed by atoms with Gasteiger partial charge in [-0.05, 0) is 38.2 Å². The Bertz CT molecular complexity index is 452. The molecule has 0 radical (unpaired) electrons. The molecule has 3 heteroatoms. The van der Waals surface area contributed by atoms with Crippen LogP contribution in [0.5, 0.6) is 0 Å². The Hall–Kier alpha value is -0.960. The van der Waals surface area contributed by atoms with Crippen LogP contribution in [0.4, 0.5) is 0 Å². The molecule has 1 aliphatic rings. The van der Waals surface area contributed by atoms with Crippen LogP contribution in [-0.4, -0.2) is 29.6 Å². The first-order chi connectivity index (χ1) is 9.54. The predicted octanol–water partition coefficient (Wildman–Crippen LogP) is 3.80. The number of aryl methyl sites for hydroxylation is 2. The van der Waals surface area contributed by atoms with Crippen molar-refractivity contribution in [2.75, 3.05) is 18.8 Å². The molecule has 1 aromatic carbocycles. The Morgan fingerprint density at radius 3 is 2.65 bits per heavy atom. The molecule has 0 unspecified atom stereocenters. The van der Waals surface area contributed by atoms with E-state index in [9.17, 15) is 4.79 Å². The lowest BCUT2D eigenvalue weighted by Gasteiger charge is -2.30. The van der Waals surface area contributed by atoms with Crippen molar-refractivity contribution >= 4 is 17.7 Å². The van der Waals surface area contributed by atoms with Gasteiger partial charge in [0, 0.05) is 18.8 Å². The minimum Gasteiger partial charge on any atom is -0.342 e. The van der Waals surface area contributed by atoms with E-state index in [0.29, 0.717) is 17.6 Å². The molecule has 0 bridgehead atoms. The highest BCUT2D eigenvalue weighted by Crippen LogP contribution is 2.19. The number of likely N-dealkylation sites (tertiary alicyclic amines) is 1. The zero-order valence-electron chi connectivity index (χ0n) is 12.8. The van der Waals surface area contributed by atoms with Gasteiger partial charge in [-0.3, -0.25) is 4.79 Å². The van der Waals surface area contributed by atoms with Crippen molar-refractivity contribution in [2.45, 2.75) is 39.4 Å². The van der Waals surface area contributed by atoms with E-state index in [-0.39, 0.29) is 0 Å². The summed E-state index contributed by atoms with van der Waals surface area (Å²) >= 11 is 1.74. The first-order valence-electron chi connectivity index (χ1n) is 7.47. The van der Waals surface area contributed by atoms with E-state index in [4.69, 9.17) is 0 Å². The molecule has 20 heavy (non-hydrogen) atoms. The van der Waals surface area contributed by atoms with Crippen molar-refractivity contribution in [1.29, 1.82) is 0 Å². The van der Waals surface area contributed by atoms with E-state index in [1.807, 2.05) is 4.90 Å². The van der Waals surface area contributed by atoms with E-state index in [1.54, 1.807) is 11.8 Å². The van der Waals surface area contributed by atoms with E-state index >= 15 is 0 Å². The highest BCUT2D eigenvalue weighted by Gasteiger charge is 2.20. The molecule has 0 aliphatic carbocycles. The molecule has 1 atom stereocenters. The summed E-state index contributed by atoms with van der Waals surface area (Å²) in [6.07, 6.45) is 2.42. The molecule has 0 N–H and O–H groups in total. The van der Waals surface area contributed by atoms with Crippen LogP contribution in [-0.2, 0) is 10.5 Å². The fourth-order valence-electron chi connectivity index (χ4n) is 2.92. The van der Waals surface area contributed by atoms with Crippen LogP contribution in [0.3, 0.4) is 0 Å². The highest BCUT2D eigenvalue weighted by molar-refractivity contribution is 7.99. The maximum atomic E-state index is 12.2. The van der Waals surface area contributed by atoms with Gasteiger partial charge in [-0.25, -0.2) is 0 Å². The molecule has 1 fully saturated rings. The van der Waals surface area contributed by atoms with E-state index < -0.39 is 0 Å². The molecule has 0 aromatic heterocycles. The first kappa shape index (κ1) is 15.4. The second-order valence-electron chi connectivity index (χ2n) is 6.08. The first-order valence-corrected chi connectivity index (χ1v) is 8.63. The molecular formula is C17H25NOS. The zero-order chi connectivity index (χ0) is 14.5. The maximum Gasteiger partial charge on any atom is 0.232 e. The lowest BCUT2D eigenvalue weighted by Crippen LogP contribution is -2.40. The van der Waals surface area contributed by atoms with Crippen molar-refractivity contribution in [1.82, 2.24) is 4.90 Å². The van der Waals surface area contributed by atoms with Gasteiger partial charge in [0.05, 0.1) is 5.75 Å². The minimum atomic E-state index is 0.311. The van der Waals surface area contributed by atoms with Crippen LogP contribution in [0.15, 0.2) is 18.2 Å². The fraction of sp³-hybridized carbons (Fsp3) is 0.588. The molecular weight excluding hydrogens is 266 g/mol. The lowest BCUT2D eigenvalue weighted by atomic mass is 10.0. The number of hydrogen-bond acceptors (Lipinski definition) is 2. The number of hydrogen-bond donors (Lipinski definition) is 0. The lowest BCUT2D eigenvalue weighted by molar-refractivity contribution is -0.130. The summed E-state index contributed by atoms with van der Waals surface area (Å²) in [5.74, 6) is 2.51. The average molecular weight is 291 g/mol. The van der Waals surface area contributed by atoms with Gasteiger partial charge in [0.25, 0.3) is 0 Å². The molecule has 0 spiro atoms. The topological polar surface area (TPSA) is 20.3 Å². The molecule has 2 rings (SSSR count). The Labute approximate surface area is 126 Å². The second-order valence-corrected chi connectivity index (χ2v) is 7.06. The van der Waals surface area contributed by atoms with Gasteiger partial charge in [0.2, 0.25) is 5.91 Å². The van der Waals surface area contributed by atoms with Crippen LogP contribution in [0.25, 0.3) is 0 Å². The van der Waals surface area contributed by atoms with E-state index in [2.05, 4.69) is 39.0 Å². The Morgan fingerprint density at radius 1 is 1.30 bits per heavy atom. The van der Waals surface area contributed by atoms with Gasteiger partial charge in [0.1, 0.15) is 0 Å². The smallest absolute Gasteiger partial charge is 0.232 e. The highest BCUT2D eigenvalue weighted by atomic mass is 32.2. The number of amides is 1. The number of nitrogens with zero attached hydrogens (tertiary/aromatic N) is 1. The Kier molecular flexibility index (Phi) is 5.53. The van der Waals surface area contributed by atoms with Crippen molar-refractivity contribution < 1.29 is 4.79 Å². The number of piperidine rings is 1. The largest absolute Gasteiger partial charge is 0.342 e. The third-order valence-electron chi connectivity index (χ3n) is 3.79. The van der Waals surface area contributed by atoms with Gasteiger partial charge in [0.15, 0.2) is 0 Å². The van der Waals surface area contributed by atoms with Gasteiger partial charge < -0.3 is 4.90 Å². The van der Waals surface area contributed by atoms with E-state index in [0.717, 1.165) is 25.3 Å². The van der Waals surface area contributed by atoms with Crippen molar-refractivity contribution in [3.8, 4) is 0 Å². The fourth-order valence-corrected chi connectivity index (χ4v) is 3.78. The Morgan fingerprint density at radius 2 is 2.00 bits per heavy atom. The summed E-state index contributed by atoms with van der Waals surface area (Å²) in [6, 6.07) is 6.62. The summed E-state index contributed by atoms with van der Waals surface area (Å²) in [7, 11) is 0. The van der Waals surface area contributed by atoms with Crippen molar-refractivity contribution in [2.24, 2.45) is 5.92 Å². The molecule has 2 nitrogen and oxygen atoms in total. The molecule has 1 heterocycles. The second kappa shape index (κ2) is 7.16. The van der Waals surface area contributed by atoms with Gasteiger partial charge in [-0.2, -0.15) is 0 Å².